The van der Waals surface area contributed by atoms with Crippen LogP contribution in [0.15, 0.2) is 24.3 Å². The van der Waals surface area contributed by atoms with E-state index in [4.69, 9.17) is 5.10 Å². The summed E-state index contributed by atoms with van der Waals surface area (Å²) in [5.74, 6) is 0.912. The van der Waals surface area contributed by atoms with Gasteiger partial charge in [0.2, 0.25) is 0 Å². The van der Waals surface area contributed by atoms with Crippen molar-refractivity contribution in [3.63, 3.8) is 0 Å². The molecule has 1 aliphatic carbocycles. The van der Waals surface area contributed by atoms with Gasteiger partial charge in [-0.15, -0.1) is 0 Å². The lowest BCUT2D eigenvalue weighted by molar-refractivity contribution is 0.444. The Morgan fingerprint density at radius 2 is 2.10 bits per heavy atom. The quantitative estimate of drug-likeness (QED) is 0.836. The minimum Gasteiger partial charge on any atom is -0.314 e. The molecule has 1 unspecified atom stereocenters. The number of hydrogen-bond donors (Lipinski definition) is 1. The summed E-state index contributed by atoms with van der Waals surface area (Å²) < 4.78 is 2.13. The van der Waals surface area contributed by atoms with Crippen molar-refractivity contribution in [2.75, 3.05) is 6.54 Å². The van der Waals surface area contributed by atoms with Crippen molar-refractivity contribution in [2.45, 2.75) is 52.1 Å². The molecule has 3 rings (SSSR count). The number of benzene rings is 1. The van der Waals surface area contributed by atoms with Crippen molar-refractivity contribution in [3.05, 3.63) is 30.0 Å². The van der Waals surface area contributed by atoms with Crippen LogP contribution in [0.5, 0.6) is 0 Å². The number of para-hydroxylation sites is 1. The molecule has 0 amide bonds. The van der Waals surface area contributed by atoms with E-state index >= 15 is 0 Å². The molecule has 1 fully saturated rings. The van der Waals surface area contributed by atoms with Crippen LogP contribution >= 0.6 is 0 Å². The first-order valence-corrected chi connectivity index (χ1v) is 8.01. The summed E-state index contributed by atoms with van der Waals surface area (Å²) in [4.78, 5) is 0. The number of aromatic nitrogens is 2. The van der Waals surface area contributed by atoms with Crippen LogP contribution in [0.2, 0.25) is 0 Å². The molecule has 1 heterocycles. The molecule has 108 valence electrons. The van der Waals surface area contributed by atoms with Crippen LogP contribution in [-0.2, 0) is 13.0 Å². The largest absolute Gasteiger partial charge is 0.314 e. The van der Waals surface area contributed by atoms with Gasteiger partial charge in [-0.2, -0.15) is 5.10 Å². The average Bonchev–Trinajstić information content (AvgIpc) is 3.26. The third-order valence-electron chi connectivity index (χ3n) is 4.38. The molecule has 0 spiro atoms. The topological polar surface area (TPSA) is 29.9 Å². The fraction of sp³-hybridized carbons (Fsp3) is 0.588. The van der Waals surface area contributed by atoms with Gasteiger partial charge in [-0.25, -0.2) is 0 Å². The van der Waals surface area contributed by atoms with Crippen LogP contribution in [0, 0.1) is 5.92 Å². The molecule has 0 aliphatic heterocycles. The second-order valence-electron chi connectivity index (χ2n) is 5.82. The van der Waals surface area contributed by atoms with Crippen molar-refractivity contribution in [1.29, 1.82) is 0 Å². The van der Waals surface area contributed by atoms with Gasteiger partial charge in [-0.05, 0) is 51.1 Å². The van der Waals surface area contributed by atoms with E-state index in [0.717, 1.165) is 25.4 Å². The Hall–Kier alpha value is -1.35. The van der Waals surface area contributed by atoms with E-state index in [1.165, 1.54) is 35.9 Å². The van der Waals surface area contributed by atoms with Crippen LogP contribution in [0.4, 0.5) is 0 Å². The highest BCUT2D eigenvalue weighted by Gasteiger charge is 2.30. The van der Waals surface area contributed by atoms with Gasteiger partial charge in [-0.1, -0.05) is 25.1 Å². The zero-order valence-electron chi connectivity index (χ0n) is 12.6. The molecule has 1 N–H and O–H groups in total. The second-order valence-corrected chi connectivity index (χ2v) is 5.82. The molecule has 0 bridgehead atoms. The highest BCUT2D eigenvalue weighted by atomic mass is 15.3. The molecule has 1 saturated carbocycles. The summed E-state index contributed by atoms with van der Waals surface area (Å²) in [5.41, 5.74) is 2.54. The molecule has 2 aromatic rings. The van der Waals surface area contributed by atoms with Gasteiger partial charge in [0.05, 0.1) is 11.2 Å². The van der Waals surface area contributed by atoms with Crippen LogP contribution in [-0.4, -0.2) is 22.4 Å². The van der Waals surface area contributed by atoms with Gasteiger partial charge >= 0.3 is 0 Å². The van der Waals surface area contributed by atoms with Gasteiger partial charge in [0.25, 0.3) is 0 Å². The predicted molar refractivity (Wildman–Crippen MR) is 83.9 cm³/mol. The third kappa shape index (κ3) is 2.73. The van der Waals surface area contributed by atoms with Crippen LogP contribution in [0.3, 0.4) is 0 Å². The molecule has 0 radical (unpaired) electrons. The lowest BCUT2D eigenvalue weighted by Crippen LogP contribution is -2.31. The van der Waals surface area contributed by atoms with Crippen LogP contribution in [0.1, 0.15) is 38.8 Å². The Morgan fingerprint density at radius 3 is 2.80 bits per heavy atom. The number of rotatable bonds is 7. The second kappa shape index (κ2) is 5.96. The number of nitrogens with one attached hydrogen (secondary N) is 1. The Balaban J connectivity index is 1.76. The highest BCUT2D eigenvalue weighted by Crippen LogP contribution is 2.34. The van der Waals surface area contributed by atoms with Gasteiger partial charge < -0.3 is 5.32 Å². The van der Waals surface area contributed by atoms with E-state index in [0.29, 0.717) is 6.04 Å². The first-order chi connectivity index (χ1) is 9.83. The zero-order chi connectivity index (χ0) is 13.9. The first-order valence-electron chi connectivity index (χ1n) is 8.01. The van der Waals surface area contributed by atoms with Crippen molar-refractivity contribution in [3.8, 4) is 0 Å². The Kier molecular flexibility index (Phi) is 4.06. The molecule has 3 nitrogen and oxygen atoms in total. The average molecular weight is 271 g/mol. The predicted octanol–water partition coefficient (Wildman–Crippen LogP) is 3.38. The normalized spacial score (nSPS) is 16.7. The number of fused-ring (bicyclic) bond motifs is 1. The fourth-order valence-corrected chi connectivity index (χ4v) is 3.18. The maximum atomic E-state index is 4.81. The van der Waals surface area contributed by atoms with Crippen molar-refractivity contribution >= 4 is 10.9 Å². The highest BCUT2D eigenvalue weighted by molar-refractivity contribution is 5.81. The van der Waals surface area contributed by atoms with Crippen LogP contribution < -0.4 is 5.32 Å². The summed E-state index contributed by atoms with van der Waals surface area (Å²) in [6, 6.07) is 9.30. The number of aryl methyl sites for hydroxylation is 2. The Morgan fingerprint density at radius 1 is 1.30 bits per heavy atom. The monoisotopic (exact) mass is 271 g/mol. The molecule has 1 atom stereocenters. The van der Waals surface area contributed by atoms with E-state index < -0.39 is 0 Å². The summed E-state index contributed by atoms with van der Waals surface area (Å²) >= 11 is 0. The molecule has 20 heavy (non-hydrogen) atoms. The van der Waals surface area contributed by atoms with E-state index in [1.807, 2.05) is 0 Å². The maximum absolute atomic E-state index is 4.81. The number of hydrogen-bond acceptors (Lipinski definition) is 2. The van der Waals surface area contributed by atoms with Crippen molar-refractivity contribution < 1.29 is 0 Å². The maximum Gasteiger partial charge on any atom is 0.0703 e. The summed E-state index contributed by atoms with van der Waals surface area (Å²) in [5, 5.41) is 9.79. The van der Waals surface area contributed by atoms with E-state index in [9.17, 15) is 0 Å². The summed E-state index contributed by atoms with van der Waals surface area (Å²) in [6.45, 7) is 6.39. The Bertz CT molecular complexity index is 569. The van der Waals surface area contributed by atoms with Crippen molar-refractivity contribution in [2.24, 2.45) is 5.92 Å². The standard InChI is InChI=1S/C17H25N3/c1-3-18-15(13-9-10-13)11-12-16-14-7-5-6-8-17(14)20(4-2)19-16/h5-8,13,15,18H,3-4,9-12H2,1-2H3. The lowest BCUT2D eigenvalue weighted by Gasteiger charge is -2.16. The molecule has 1 aliphatic rings. The van der Waals surface area contributed by atoms with Crippen molar-refractivity contribution in [1.82, 2.24) is 15.1 Å². The SMILES string of the molecule is CCNC(CCc1nn(CC)c2ccccc12)C1CC1. The molecule has 0 saturated heterocycles. The lowest BCUT2D eigenvalue weighted by atomic mass is 10.0. The summed E-state index contributed by atoms with van der Waals surface area (Å²) in [6.07, 6.45) is 5.11. The van der Waals surface area contributed by atoms with Gasteiger partial charge in [0.15, 0.2) is 0 Å². The zero-order valence-corrected chi connectivity index (χ0v) is 12.6. The minimum absolute atomic E-state index is 0.686. The van der Waals surface area contributed by atoms with E-state index in [1.54, 1.807) is 0 Å². The smallest absolute Gasteiger partial charge is 0.0703 e. The molecule has 1 aromatic carbocycles. The summed E-state index contributed by atoms with van der Waals surface area (Å²) in [7, 11) is 0. The minimum atomic E-state index is 0.686. The first kappa shape index (κ1) is 13.6. The molecular formula is C17H25N3. The van der Waals surface area contributed by atoms with Crippen LogP contribution in [0.25, 0.3) is 10.9 Å². The molecule has 1 aromatic heterocycles. The Labute approximate surface area is 121 Å². The van der Waals surface area contributed by atoms with Gasteiger partial charge in [-0.3, -0.25) is 4.68 Å². The fourth-order valence-electron chi connectivity index (χ4n) is 3.18. The number of nitrogens with zero attached hydrogens (tertiary/aromatic N) is 2. The van der Waals surface area contributed by atoms with E-state index in [2.05, 4.69) is 48.1 Å². The molecular weight excluding hydrogens is 246 g/mol. The molecule has 3 heteroatoms. The van der Waals surface area contributed by atoms with Gasteiger partial charge in [0, 0.05) is 18.0 Å². The van der Waals surface area contributed by atoms with Gasteiger partial charge in [0.1, 0.15) is 0 Å². The van der Waals surface area contributed by atoms with E-state index in [-0.39, 0.29) is 0 Å². The third-order valence-corrected chi connectivity index (χ3v) is 4.38.